The van der Waals surface area contributed by atoms with Crippen molar-refractivity contribution in [3.63, 3.8) is 0 Å². The van der Waals surface area contributed by atoms with Crippen molar-refractivity contribution in [1.82, 2.24) is 16.0 Å². The van der Waals surface area contributed by atoms with Gasteiger partial charge >= 0.3 is 18.3 Å². The molecule has 0 aliphatic rings. The van der Waals surface area contributed by atoms with Crippen LogP contribution in [-0.4, -0.2) is 62.8 Å². The monoisotopic (exact) mass is 532 g/mol. The van der Waals surface area contributed by atoms with Crippen molar-refractivity contribution in [2.24, 2.45) is 5.73 Å². The molecule has 0 rings (SSSR count). The van der Waals surface area contributed by atoms with Crippen molar-refractivity contribution in [2.75, 3.05) is 39.4 Å². The SMILES string of the molecule is CCCCCCCCNC(=O)OCCCCN.CCCCCCCCNC(=O)OCCCCNC(=O)O. The smallest absolute Gasteiger partial charge is 0.407 e. The van der Waals surface area contributed by atoms with Gasteiger partial charge in [0.1, 0.15) is 0 Å². The molecule has 0 bridgehead atoms. The Balaban J connectivity index is 0. The largest absolute Gasteiger partial charge is 0.465 e. The Bertz CT molecular complexity index is 523. The summed E-state index contributed by atoms with van der Waals surface area (Å²) in [6, 6.07) is 0. The summed E-state index contributed by atoms with van der Waals surface area (Å²) in [5, 5.41) is 16.1. The molecule has 0 atom stereocenters. The Morgan fingerprint density at radius 2 is 0.946 bits per heavy atom. The normalized spacial score (nSPS) is 10.1. The summed E-state index contributed by atoms with van der Waals surface area (Å²) in [6.07, 6.45) is 15.9. The zero-order valence-corrected chi connectivity index (χ0v) is 23.6. The van der Waals surface area contributed by atoms with Crippen molar-refractivity contribution in [3.8, 4) is 0 Å². The molecule has 37 heavy (non-hydrogen) atoms. The Kier molecular flexibility index (Phi) is 31.7. The number of rotatable bonds is 23. The van der Waals surface area contributed by atoms with Crippen LogP contribution in [0.25, 0.3) is 0 Å². The number of unbranched alkanes of at least 4 members (excludes halogenated alkanes) is 12. The Morgan fingerprint density at radius 3 is 1.38 bits per heavy atom. The zero-order chi connectivity index (χ0) is 27.8. The predicted molar refractivity (Wildman–Crippen MR) is 149 cm³/mol. The van der Waals surface area contributed by atoms with Gasteiger partial charge in [-0.3, -0.25) is 0 Å². The van der Waals surface area contributed by atoms with Crippen LogP contribution in [0.5, 0.6) is 0 Å². The molecule has 6 N–H and O–H groups in total. The van der Waals surface area contributed by atoms with Crippen LogP contribution in [-0.2, 0) is 9.47 Å². The van der Waals surface area contributed by atoms with E-state index < -0.39 is 6.09 Å². The van der Waals surface area contributed by atoms with Gasteiger partial charge in [-0.05, 0) is 45.1 Å². The van der Waals surface area contributed by atoms with E-state index in [0.717, 1.165) is 38.6 Å². The summed E-state index contributed by atoms with van der Waals surface area (Å²) in [7, 11) is 0. The zero-order valence-electron chi connectivity index (χ0n) is 23.6. The lowest BCUT2D eigenvalue weighted by atomic mass is 10.1. The van der Waals surface area contributed by atoms with Crippen LogP contribution in [0.3, 0.4) is 0 Å². The maximum Gasteiger partial charge on any atom is 0.407 e. The summed E-state index contributed by atoms with van der Waals surface area (Å²) in [6.45, 7) is 7.62. The Labute approximate surface area is 225 Å². The molecule has 0 spiro atoms. The van der Waals surface area contributed by atoms with E-state index in [9.17, 15) is 14.4 Å². The molecule has 10 heteroatoms. The van der Waals surface area contributed by atoms with E-state index in [1.54, 1.807) is 0 Å². The highest BCUT2D eigenvalue weighted by atomic mass is 16.6. The number of alkyl carbamates (subject to hydrolysis) is 2. The van der Waals surface area contributed by atoms with Gasteiger partial charge in [0.05, 0.1) is 13.2 Å². The molecule has 0 saturated heterocycles. The van der Waals surface area contributed by atoms with Crippen molar-refractivity contribution in [2.45, 2.75) is 117 Å². The van der Waals surface area contributed by atoms with Gasteiger partial charge < -0.3 is 36.3 Å². The molecule has 3 amide bonds. The van der Waals surface area contributed by atoms with Crippen LogP contribution in [0.4, 0.5) is 14.4 Å². The fourth-order valence-corrected chi connectivity index (χ4v) is 3.29. The topological polar surface area (TPSA) is 152 Å². The lowest BCUT2D eigenvalue weighted by Gasteiger charge is -2.07. The average Bonchev–Trinajstić information content (AvgIpc) is 2.88. The third-order valence-electron chi connectivity index (χ3n) is 5.51. The number of nitrogens with one attached hydrogen (secondary N) is 3. The summed E-state index contributed by atoms with van der Waals surface area (Å²) in [4.78, 5) is 32.6. The fraction of sp³-hybridized carbons (Fsp3) is 0.889. The van der Waals surface area contributed by atoms with E-state index in [4.69, 9.17) is 20.3 Å². The quantitative estimate of drug-likeness (QED) is 0.102. The minimum absolute atomic E-state index is 0.296. The number of nitrogens with two attached hydrogens (primary N) is 1. The molecular formula is C27H56N4O6. The molecule has 0 heterocycles. The van der Waals surface area contributed by atoms with Crippen molar-refractivity contribution < 1.29 is 29.0 Å². The first-order chi connectivity index (χ1) is 18.0. The molecule has 0 saturated carbocycles. The molecule has 0 fully saturated rings. The molecule has 0 aromatic rings. The van der Waals surface area contributed by atoms with Crippen LogP contribution < -0.4 is 21.7 Å². The average molecular weight is 533 g/mol. The molecule has 0 aromatic carbocycles. The highest BCUT2D eigenvalue weighted by molar-refractivity contribution is 5.67. The Morgan fingerprint density at radius 1 is 0.568 bits per heavy atom. The molecular weight excluding hydrogens is 476 g/mol. The number of amides is 3. The van der Waals surface area contributed by atoms with Gasteiger partial charge in [-0.25, -0.2) is 14.4 Å². The van der Waals surface area contributed by atoms with E-state index in [1.165, 1.54) is 57.8 Å². The molecule has 0 aromatic heterocycles. The second-order valence-corrected chi connectivity index (χ2v) is 9.10. The number of ether oxygens (including phenoxy) is 2. The second kappa shape index (κ2) is 31.8. The predicted octanol–water partition coefficient (Wildman–Crippen LogP) is 5.93. The van der Waals surface area contributed by atoms with Crippen molar-refractivity contribution in [3.05, 3.63) is 0 Å². The molecule has 0 aliphatic carbocycles. The third-order valence-corrected chi connectivity index (χ3v) is 5.51. The van der Waals surface area contributed by atoms with Gasteiger partial charge in [0, 0.05) is 19.6 Å². The number of hydrogen-bond donors (Lipinski definition) is 5. The molecule has 0 unspecified atom stereocenters. The van der Waals surface area contributed by atoms with Crippen molar-refractivity contribution >= 4 is 18.3 Å². The number of hydrogen-bond acceptors (Lipinski definition) is 6. The number of carboxylic acid groups (broad SMARTS) is 1. The summed E-state index contributed by atoms with van der Waals surface area (Å²) in [5.74, 6) is 0. The van der Waals surface area contributed by atoms with E-state index >= 15 is 0 Å². The van der Waals surface area contributed by atoms with Crippen LogP contribution in [0.1, 0.15) is 117 Å². The number of carbonyl (C=O) groups is 3. The van der Waals surface area contributed by atoms with Gasteiger partial charge in [-0.2, -0.15) is 0 Å². The molecule has 10 nitrogen and oxygen atoms in total. The lowest BCUT2D eigenvalue weighted by Crippen LogP contribution is -2.26. The first-order valence-corrected chi connectivity index (χ1v) is 14.5. The summed E-state index contributed by atoms with van der Waals surface area (Å²) in [5.41, 5.74) is 5.34. The van der Waals surface area contributed by atoms with Crippen LogP contribution in [0, 0.1) is 0 Å². The lowest BCUT2D eigenvalue weighted by molar-refractivity contribution is 0.143. The molecule has 0 aliphatic heterocycles. The van der Waals surface area contributed by atoms with Gasteiger partial charge in [-0.1, -0.05) is 78.1 Å². The fourth-order valence-electron chi connectivity index (χ4n) is 3.29. The van der Waals surface area contributed by atoms with Gasteiger partial charge in [0.25, 0.3) is 0 Å². The van der Waals surface area contributed by atoms with Gasteiger partial charge in [-0.15, -0.1) is 0 Å². The minimum Gasteiger partial charge on any atom is -0.465 e. The first-order valence-electron chi connectivity index (χ1n) is 14.5. The van der Waals surface area contributed by atoms with Crippen molar-refractivity contribution in [1.29, 1.82) is 0 Å². The Hall–Kier alpha value is -2.23. The summed E-state index contributed by atoms with van der Waals surface area (Å²) < 4.78 is 9.95. The maximum absolute atomic E-state index is 11.3. The van der Waals surface area contributed by atoms with Gasteiger partial charge in [0.15, 0.2) is 0 Å². The third kappa shape index (κ3) is 36.0. The van der Waals surface area contributed by atoms with E-state index in [0.29, 0.717) is 45.7 Å². The minimum atomic E-state index is -1.03. The maximum atomic E-state index is 11.3. The summed E-state index contributed by atoms with van der Waals surface area (Å²) >= 11 is 0. The van der Waals surface area contributed by atoms with E-state index in [1.807, 2.05) is 0 Å². The molecule has 220 valence electrons. The van der Waals surface area contributed by atoms with Gasteiger partial charge in [0.2, 0.25) is 0 Å². The van der Waals surface area contributed by atoms with Crippen LogP contribution in [0.2, 0.25) is 0 Å². The highest BCUT2D eigenvalue weighted by Crippen LogP contribution is 2.05. The van der Waals surface area contributed by atoms with Crippen LogP contribution in [0.15, 0.2) is 0 Å². The second-order valence-electron chi connectivity index (χ2n) is 9.10. The highest BCUT2D eigenvalue weighted by Gasteiger charge is 2.01. The molecule has 0 radical (unpaired) electrons. The van der Waals surface area contributed by atoms with E-state index in [-0.39, 0.29) is 12.2 Å². The van der Waals surface area contributed by atoms with E-state index in [2.05, 4.69) is 29.8 Å². The first kappa shape index (κ1) is 36.9. The standard InChI is InChI=1S/C14H28N2O4.C13H28N2O2/c1-2-3-4-5-6-7-11-16-14(19)20-12-9-8-10-15-13(17)18;1-2-3-4-5-6-8-11-15-13(16)17-12-9-7-10-14/h15H,2-12H2,1H3,(H,16,19)(H,17,18);2-12,14H2,1H3,(H,15,16). The van der Waals surface area contributed by atoms with Crippen LogP contribution >= 0.6 is 0 Å². The number of carbonyl (C=O) groups excluding carboxylic acids is 2.